The molecule has 0 fully saturated rings. The second-order valence-electron chi connectivity index (χ2n) is 1.93. The zero-order valence-corrected chi connectivity index (χ0v) is 10.9. The van der Waals surface area contributed by atoms with E-state index >= 15 is 0 Å². The molecule has 0 amide bonds. The SMILES string of the molecule is O=S([O-])c1cc(F)c(Br)cc1F.[Na+]. The average molecular weight is 279 g/mol. The van der Waals surface area contributed by atoms with Crippen molar-refractivity contribution in [1.29, 1.82) is 0 Å². The maximum atomic E-state index is 12.7. The van der Waals surface area contributed by atoms with Crippen molar-refractivity contribution in [2.24, 2.45) is 0 Å². The molecule has 1 unspecified atom stereocenters. The molecule has 1 rings (SSSR count). The molecule has 0 saturated carbocycles. The van der Waals surface area contributed by atoms with Crippen molar-refractivity contribution in [2.75, 3.05) is 0 Å². The Morgan fingerprint density at radius 2 is 1.85 bits per heavy atom. The molecular formula is C6H2BrF2NaO2S. The Hall–Kier alpha value is 0.670. The van der Waals surface area contributed by atoms with Crippen molar-refractivity contribution in [1.82, 2.24) is 0 Å². The fourth-order valence-corrected chi connectivity index (χ4v) is 1.37. The van der Waals surface area contributed by atoms with Crippen LogP contribution in [-0.2, 0) is 11.1 Å². The molecule has 7 heteroatoms. The Morgan fingerprint density at radius 3 is 2.31 bits per heavy atom. The van der Waals surface area contributed by atoms with Gasteiger partial charge >= 0.3 is 29.6 Å². The molecule has 0 radical (unpaired) electrons. The van der Waals surface area contributed by atoms with Crippen LogP contribution in [0.25, 0.3) is 0 Å². The van der Waals surface area contributed by atoms with Crippen molar-refractivity contribution < 1.29 is 47.1 Å². The smallest absolute Gasteiger partial charge is 0.768 e. The number of rotatable bonds is 1. The Bertz CT molecular complexity index is 348. The van der Waals surface area contributed by atoms with Gasteiger partial charge < -0.3 is 4.55 Å². The van der Waals surface area contributed by atoms with Gasteiger partial charge in [0.15, 0.2) is 0 Å². The summed E-state index contributed by atoms with van der Waals surface area (Å²) in [6.45, 7) is 0. The van der Waals surface area contributed by atoms with E-state index in [1.807, 2.05) is 0 Å². The van der Waals surface area contributed by atoms with Crippen molar-refractivity contribution in [3.63, 3.8) is 0 Å². The van der Waals surface area contributed by atoms with E-state index in [9.17, 15) is 17.5 Å². The molecule has 0 spiro atoms. The second kappa shape index (κ2) is 5.53. The first-order valence-corrected chi connectivity index (χ1v) is 4.63. The third-order valence-corrected chi connectivity index (χ3v) is 2.43. The van der Waals surface area contributed by atoms with Crippen LogP contribution in [0.15, 0.2) is 21.5 Å². The molecule has 0 aliphatic carbocycles. The maximum Gasteiger partial charge on any atom is 1.00 e. The summed E-state index contributed by atoms with van der Waals surface area (Å²) in [5.74, 6) is -1.78. The molecule has 0 aliphatic heterocycles. The molecule has 13 heavy (non-hydrogen) atoms. The van der Waals surface area contributed by atoms with E-state index in [-0.39, 0.29) is 34.0 Å². The standard InChI is InChI=1S/C6H3BrF2O2S.Na/c7-3-1-5(9)6(12(10)11)2-4(3)8;/h1-2H,(H,10,11);/q;+1/p-1. The molecule has 2 nitrogen and oxygen atoms in total. The van der Waals surface area contributed by atoms with Gasteiger partial charge in [-0.3, -0.25) is 4.21 Å². The number of benzene rings is 1. The minimum absolute atomic E-state index is 0. The predicted octanol–water partition coefficient (Wildman–Crippen LogP) is -1.03. The van der Waals surface area contributed by atoms with Crippen molar-refractivity contribution in [3.05, 3.63) is 28.2 Å². The van der Waals surface area contributed by atoms with Gasteiger partial charge in [0.1, 0.15) is 11.6 Å². The van der Waals surface area contributed by atoms with Gasteiger partial charge in [-0.2, -0.15) is 0 Å². The summed E-state index contributed by atoms with van der Waals surface area (Å²) in [6, 6.07) is 1.38. The number of hydrogen-bond donors (Lipinski definition) is 0. The topological polar surface area (TPSA) is 40.1 Å². The van der Waals surface area contributed by atoms with Crippen LogP contribution in [0, 0.1) is 11.6 Å². The molecule has 0 aromatic heterocycles. The summed E-state index contributed by atoms with van der Waals surface area (Å²) in [7, 11) is 0. The molecule has 0 heterocycles. The average Bonchev–Trinajstić information content (AvgIpc) is 1.96. The van der Waals surface area contributed by atoms with Crippen LogP contribution in [0.4, 0.5) is 8.78 Å². The van der Waals surface area contributed by atoms with Gasteiger partial charge in [-0.15, -0.1) is 0 Å². The molecule has 0 saturated heterocycles. The minimum atomic E-state index is -2.74. The predicted molar refractivity (Wildman–Crippen MR) is 41.2 cm³/mol. The van der Waals surface area contributed by atoms with Crippen molar-refractivity contribution in [2.45, 2.75) is 4.90 Å². The first-order chi connectivity index (χ1) is 5.52. The van der Waals surface area contributed by atoms with Crippen LogP contribution in [-0.4, -0.2) is 8.76 Å². The third kappa shape index (κ3) is 3.38. The summed E-state index contributed by atoms with van der Waals surface area (Å²) >= 11 is -0.0316. The fourth-order valence-electron chi connectivity index (χ4n) is 0.632. The molecule has 66 valence electrons. The van der Waals surface area contributed by atoms with Gasteiger partial charge in [-0.25, -0.2) is 8.78 Å². The Kier molecular flexibility index (Phi) is 5.81. The van der Waals surface area contributed by atoms with Crippen LogP contribution in [0.5, 0.6) is 0 Å². The van der Waals surface area contributed by atoms with E-state index in [0.717, 1.165) is 6.07 Å². The molecular weight excluding hydrogens is 277 g/mol. The number of hydrogen-bond acceptors (Lipinski definition) is 2. The monoisotopic (exact) mass is 278 g/mol. The Labute approximate surface area is 106 Å². The first kappa shape index (κ1) is 13.7. The summed E-state index contributed by atoms with van der Waals surface area (Å²) < 4.78 is 45.7. The Morgan fingerprint density at radius 1 is 1.31 bits per heavy atom. The van der Waals surface area contributed by atoms with E-state index in [1.54, 1.807) is 0 Å². The second-order valence-corrected chi connectivity index (χ2v) is 3.70. The van der Waals surface area contributed by atoms with Crippen molar-refractivity contribution >= 4 is 27.0 Å². The van der Waals surface area contributed by atoms with Crippen LogP contribution in [0.1, 0.15) is 0 Å². The Balaban J connectivity index is 0.00000144. The van der Waals surface area contributed by atoms with E-state index < -0.39 is 27.6 Å². The van der Waals surface area contributed by atoms with Gasteiger partial charge in [0.2, 0.25) is 0 Å². The normalized spacial score (nSPS) is 12.0. The van der Waals surface area contributed by atoms with Crippen LogP contribution in [0.2, 0.25) is 0 Å². The van der Waals surface area contributed by atoms with Gasteiger partial charge in [0.05, 0.1) is 9.37 Å². The summed E-state index contributed by atoms with van der Waals surface area (Å²) in [4.78, 5) is -0.671. The summed E-state index contributed by atoms with van der Waals surface area (Å²) in [6.07, 6.45) is 0. The minimum Gasteiger partial charge on any atom is -0.768 e. The maximum absolute atomic E-state index is 12.7. The largest absolute Gasteiger partial charge is 1.00 e. The molecule has 0 aliphatic rings. The fraction of sp³-hybridized carbons (Fsp3) is 0. The zero-order valence-electron chi connectivity index (χ0n) is 6.51. The van der Waals surface area contributed by atoms with E-state index in [1.165, 1.54) is 0 Å². The van der Waals surface area contributed by atoms with Crippen LogP contribution in [0.3, 0.4) is 0 Å². The first-order valence-electron chi connectivity index (χ1n) is 2.76. The van der Waals surface area contributed by atoms with Crippen LogP contribution < -0.4 is 29.6 Å². The van der Waals surface area contributed by atoms with Gasteiger partial charge in [-0.05, 0) is 39.1 Å². The quantitative estimate of drug-likeness (QED) is 0.375. The third-order valence-electron chi connectivity index (χ3n) is 1.15. The number of halogens is 3. The van der Waals surface area contributed by atoms with Crippen molar-refractivity contribution in [3.8, 4) is 0 Å². The van der Waals surface area contributed by atoms with E-state index in [4.69, 9.17) is 0 Å². The molecule has 0 bridgehead atoms. The molecule has 1 aromatic carbocycles. The summed E-state index contributed by atoms with van der Waals surface area (Å²) in [5, 5.41) is 0. The molecule has 1 atom stereocenters. The molecule has 0 N–H and O–H groups in total. The van der Waals surface area contributed by atoms with Gasteiger partial charge in [-0.1, -0.05) is 0 Å². The van der Waals surface area contributed by atoms with Gasteiger partial charge in [0, 0.05) is 0 Å². The molecule has 1 aromatic rings. The zero-order chi connectivity index (χ0) is 9.30. The summed E-state index contributed by atoms with van der Waals surface area (Å²) in [5.41, 5.74) is 0. The van der Waals surface area contributed by atoms with E-state index in [0.29, 0.717) is 6.07 Å². The van der Waals surface area contributed by atoms with E-state index in [2.05, 4.69) is 15.9 Å². The van der Waals surface area contributed by atoms with Gasteiger partial charge in [0.25, 0.3) is 0 Å². The van der Waals surface area contributed by atoms with Crippen LogP contribution >= 0.6 is 15.9 Å².